The molecule has 2 aromatic carbocycles. The van der Waals surface area contributed by atoms with Gasteiger partial charge in [-0.15, -0.1) is 0 Å². The third kappa shape index (κ3) is 6.96. The van der Waals surface area contributed by atoms with Crippen LogP contribution in [-0.4, -0.2) is 48.0 Å². The summed E-state index contributed by atoms with van der Waals surface area (Å²) < 4.78 is 23.8. The maximum absolute atomic E-state index is 14.0. The number of ether oxygens (including phenoxy) is 4. The zero-order valence-electron chi connectivity index (χ0n) is 23.5. The molecule has 4 rings (SSSR count). The van der Waals surface area contributed by atoms with Crippen LogP contribution in [0, 0.1) is 0 Å². The van der Waals surface area contributed by atoms with E-state index in [1.54, 1.807) is 44.2 Å². The number of benzene rings is 2. The Balaban J connectivity index is 1.89. The van der Waals surface area contributed by atoms with Gasteiger partial charge in [-0.05, 0) is 62.2 Å². The Morgan fingerprint density at radius 3 is 2.44 bits per heavy atom. The van der Waals surface area contributed by atoms with Crippen molar-refractivity contribution < 1.29 is 33.6 Å². The maximum Gasteiger partial charge on any atom is 0.341 e. The van der Waals surface area contributed by atoms with Gasteiger partial charge >= 0.3 is 11.9 Å². The first-order valence-corrected chi connectivity index (χ1v) is 14.7. The van der Waals surface area contributed by atoms with Crippen LogP contribution in [0.5, 0.6) is 17.2 Å². The lowest BCUT2D eigenvalue weighted by molar-refractivity contribution is -0.140. The van der Waals surface area contributed by atoms with Gasteiger partial charge in [0.15, 0.2) is 28.7 Å². The number of carboxylic acid groups (broad SMARTS) is 1. The van der Waals surface area contributed by atoms with E-state index >= 15 is 0 Å². The average Bonchev–Trinajstić information content (AvgIpc) is 3.25. The number of rotatable bonds is 12. The fraction of sp³-hybridized carbons (Fsp3) is 0.267. The van der Waals surface area contributed by atoms with Crippen LogP contribution in [0.15, 0.2) is 64.0 Å². The number of hydrogen-bond acceptors (Lipinski definition) is 9. The number of fused-ring (bicyclic) bond motifs is 1. The van der Waals surface area contributed by atoms with Gasteiger partial charge in [0.1, 0.15) is 6.61 Å². The molecule has 3 aromatic rings. The van der Waals surface area contributed by atoms with Gasteiger partial charge in [0, 0.05) is 0 Å². The van der Waals surface area contributed by atoms with E-state index in [-0.39, 0.29) is 34.6 Å². The maximum atomic E-state index is 14.0. The first-order valence-electron chi connectivity index (χ1n) is 13.1. The summed E-state index contributed by atoms with van der Waals surface area (Å²) in [7, 11) is 0. The first-order chi connectivity index (χ1) is 20.6. The molecule has 0 saturated carbocycles. The van der Waals surface area contributed by atoms with Gasteiger partial charge in [0.2, 0.25) is 0 Å². The first kappa shape index (κ1) is 31.9. The van der Waals surface area contributed by atoms with Crippen molar-refractivity contribution in [2.45, 2.75) is 26.8 Å². The van der Waals surface area contributed by atoms with E-state index in [0.29, 0.717) is 44.3 Å². The highest BCUT2D eigenvalue weighted by atomic mass is 35.5. The molecular formula is C30H28Cl2N2O8S. The fourth-order valence-corrected chi connectivity index (χ4v) is 6.08. The van der Waals surface area contributed by atoms with Gasteiger partial charge < -0.3 is 24.1 Å². The molecule has 1 aromatic heterocycles. The molecule has 226 valence electrons. The van der Waals surface area contributed by atoms with Crippen molar-refractivity contribution >= 4 is 52.6 Å². The third-order valence-corrected chi connectivity index (χ3v) is 7.66. The minimum atomic E-state index is -1.18. The molecule has 0 fully saturated rings. The van der Waals surface area contributed by atoms with Crippen LogP contribution in [0.25, 0.3) is 6.08 Å². The van der Waals surface area contributed by atoms with Crippen molar-refractivity contribution in [1.82, 2.24) is 4.57 Å². The molecule has 0 radical (unpaired) electrons. The van der Waals surface area contributed by atoms with Crippen molar-refractivity contribution in [3.05, 3.63) is 95.1 Å². The number of carboxylic acids is 1. The lowest BCUT2D eigenvalue weighted by Crippen LogP contribution is -2.40. The van der Waals surface area contributed by atoms with Crippen LogP contribution in [0.4, 0.5) is 0 Å². The number of carbonyl (C=O) groups is 2. The quantitative estimate of drug-likeness (QED) is 0.225. The number of hydrogen-bond donors (Lipinski definition) is 1. The van der Waals surface area contributed by atoms with E-state index < -0.39 is 30.1 Å². The Kier molecular flexibility index (Phi) is 10.3. The predicted molar refractivity (Wildman–Crippen MR) is 163 cm³/mol. The van der Waals surface area contributed by atoms with Gasteiger partial charge in [-0.1, -0.05) is 53.3 Å². The smallest absolute Gasteiger partial charge is 0.341 e. The minimum absolute atomic E-state index is 0.0182. The number of aromatic nitrogens is 1. The number of thiazole rings is 1. The lowest BCUT2D eigenvalue weighted by Gasteiger charge is -2.25. The molecule has 13 heteroatoms. The van der Waals surface area contributed by atoms with Gasteiger partial charge in [-0.2, -0.15) is 0 Å². The summed E-state index contributed by atoms with van der Waals surface area (Å²) in [4.78, 5) is 43.0. The number of carbonyl (C=O) groups excluding carboxylic acids is 1. The van der Waals surface area contributed by atoms with Crippen molar-refractivity contribution in [3.63, 3.8) is 0 Å². The zero-order chi connectivity index (χ0) is 31.3. The molecular weight excluding hydrogens is 619 g/mol. The summed E-state index contributed by atoms with van der Waals surface area (Å²) in [6.07, 6.45) is 3.20. The Morgan fingerprint density at radius 2 is 1.81 bits per heavy atom. The van der Waals surface area contributed by atoms with Gasteiger partial charge in [0.05, 0.1) is 45.1 Å². The zero-order valence-corrected chi connectivity index (χ0v) is 25.8. The second-order valence-electron chi connectivity index (χ2n) is 9.04. The van der Waals surface area contributed by atoms with Crippen LogP contribution in [0.1, 0.15) is 37.9 Å². The van der Waals surface area contributed by atoms with Crippen molar-refractivity contribution in [3.8, 4) is 17.2 Å². The monoisotopic (exact) mass is 646 g/mol. The number of halogens is 2. The van der Waals surface area contributed by atoms with E-state index in [2.05, 4.69) is 11.6 Å². The summed E-state index contributed by atoms with van der Waals surface area (Å²) in [5, 5.41) is 9.05. The topological polar surface area (TPSA) is 126 Å². The highest BCUT2D eigenvalue weighted by molar-refractivity contribution is 7.07. The summed E-state index contributed by atoms with van der Waals surface area (Å²) in [6.45, 7) is 9.05. The molecule has 1 atom stereocenters. The molecule has 0 bridgehead atoms. The molecule has 0 aliphatic carbocycles. The SMILES string of the molecule is C=CCOc1ccc(C2C(C(=O)OCC)=C(C)N=c3s/c(=C/c4cc(Cl)c(OCC(=O)O)c(Cl)c4)c(=O)n32)cc1OCC. The van der Waals surface area contributed by atoms with Crippen LogP contribution in [-0.2, 0) is 14.3 Å². The van der Waals surface area contributed by atoms with E-state index in [9.17, 15) is 14.4 Å². The van der Waals surface area contributed by atoms with E-state index in [4.69, 9.17) is 47.3 Å². The Labute approximate surface area is 260 Å². The molecule has 1 unspecified atom stereocenters. The standard InChI is InChI=1S/C30H28Cl2N2O8S/c1-5-10-41-21-9-8-18(14-22(21)39-6-2)26-25(29(38)40-7-3)16(4)33-30-34(26)28(37)23(43-30)13-17-11-19(31)27(20(32)12-17)42-15-24(35)36/h5,8-9,11-14,26H,1,6-7,10,15H2,2-4H3,(H,35,36)/b23-13+. The lowest BCUT2D eigenvalue weighted by atomic mass is 9.95. The van der Waals surface area contributed by atoms with Crippen LogP contribution < -0.4 is 29.1 Å². The van der Waals surface area contributed by atoms with E-state index in [1.807, 2.05) is 6.92 Å². The molecule has 0 spiro atoms. The second-order valence-corrected chi connectivity index (χ2v) is 10.9. The van der Waals surface area contributed by atoms with Gasteiger partial charge in [0.25, 0.3) is 5.56 Å². The normalized spacial score (nSPS) is 14.5. The molecule has 1 aliphatic heterocycles. The largest absolute Gasteiger partial charge is 0.490 e. The Hall–Kier alpha value is -4.06. The van der Waals surface area contributed by atoms with Crippen LogP contribution in [0.3, 0.4) is 0 Å². The highest BCUT2D eigenvalue weighted by Gasteiger charge is 2.34. The summed E-state index contributed by atoms with van der Waals surface area (Å²) in [5.74, 6) is -0.832. The minimum Gasteiger partial charge on any atom is -0.490 e. The summed E-state index contributed by atoms with van der Waals surface area (Å²) in [6, 6.07) is 7.35. The average molecular weight is 648 g/mol. The molecule has 0 saturated heterocycles. The molecule has 2 heterocycles. The van der Waals surface area contributed by atoms with E-state index in [0.717, 1.165) is 11.3 Å². The fourth-order valence-electron chi connectivity index (χ4n) is 4.42. The predicted octanol–water partition coefficient (Wildman–Crippen LogP) is 4.53. The number of allylic oxidation sites excluding steroid dienone is 1. The van der Waals surface area contributed by atoms with Crippen molar-refractivity contribution in [1.29, 1.82) is 0 Å². The van der Waals surface area contributed by atoms with Crippen LogP contribution >= 0.6 is 34.5 Å². The number of aliphatic carboxylic acids is 1. The summed E-state index contributed by atoms with van der Waals surface area (Å²) in [5.41, 5.74) is 1.28. The van der Waals surface area contributed by atoms with Crippen molar-refractivity contribution in [2.24, 2.45) is 4.99 Å². The third-order valence-electron chi connectivity index (χ3n) is 6.12. The Morgan fingerprint density at radius 1 is 1.09 bits per heavy atom. The highest BCUT2D eigenvalue weighted by Crippen LogP contribution is 2.37. The van der Waals surface area contributed by atoms with Crippen molar-refractivity contribution in [2.75, 3.05) is 26.4 Å². The van der Waals surface area contributed by atoms with Gasteiger partial charge in [-0.3, -0.25) is 9.36 Å². The second kappa shape index (κ2) is 13.9. The Bertz CT molecular complexity index is 1770. The molecule has 10 nitrogen and oxygen atoms in total. The molecule has 1 N–H and O–H groups in total. The molecule has 1 aliphatic rings. The van der Waals surface area contributed by atoms with Crippen LogP contribution in [0.2, 0.25) is 10.0 Å². The van der Waals surface area contributed by atoms with E-state index in [1.165, 1.54) is 16.7 Å². The number of nitrogens with zero attached hydrogens (tertiary/aromatic N) is 2. The number of esters is 1. The summed E-state index contributed by atoms with van der Waals surface area (Å²) >= 11 is 13.7. The van der Waals surface area contributed by atoms with Gasteiger partial charge in [-0.25, -0.2) is 14.6 Å². The molecule has 0 amide bonds. The molecule has 43 heavy (non-hydrogen) atoms.